The van der Waals surface area contributed by atoms with Crippen LogP contribution in [0.1, 0.15) is 16.1 Å². The van der Waals surface area contributed by atoms with Crippen LogP contribution < -0.4 is 30.6 Å². The Kier molecular flexibility index (Phi) is 8.49. The summed E-state index contributed by atoms with van der Waals surface area (Å²) in [6.45, 7) is 14.7. The molecule has 3 saturated heterocycles. The van der Waals surface area contributed by atoms with E-state index in [2.05, 4.69) is 105 Å². The van der Waals surface area contributed by atoms with E-state index in [-0.39, 0.29) is 28.6 Å². The van der Waals surface area contributed by atoms with E-state index >= 15 is 0 Å². The van der Waals surface area contributed by atoms with Crippen LogP contribution in [0, 0.1) is 91.1 Å². The number of aromatic nitrogens is 4. The van der Waals surface area contributed by atoms with Gasteiger partial charge in [-0.15, -0.1) is 0 Å². The molecule has 3 aliphatic rings. The average molecular weight is 643 g/mol. The van der Waals surface area contributed by atoms with Gasteiger partial charge in [-0.25, -0.2) is 15.3 Å². The van der Waals surface area contributed by atoms with E-state index in [9.17, 15) is 19.2 Å². The summed E-state index contributed by atoms with van der Waals surface area (Å²) in [7, 11) is 10.9. The second-order valence-corrected chi connectivity index (χ2v) is 10.1. The van der Waals surface area contributed by atoms with Crippen LogP contribution in [0.5, 0.6) is 11.5 Å². The number of carbonyl (C=O) groups excluding carboxylic acids is 3. The molecule has 230 valence electrons. The summed E-state index contributed by atoms with van der Waals surface area (Å²) in [5.41, 5.74) is -0.00623. The molecule has 0 N–H and O–H groups in total. The Balaban J connectivity index is 0.999. The topological polar surface area (TPSA) is 165 Å². The standard InChI is InChI=1S/C35H14N8O6/c1-41-16-24(22-6-9-36-15-23(22)34(41)47)21-12-28(48-2)25(29(13-21)49-3)17-42-10-7-35(8-11-42)18-43(19-35)30-14-27(37-20-38-30)33(46)39-26-4-5-31(44)40-32(26)45/h6,9,12-16,20H,1-3H2. The lowest BCUT2D eigenvalue weighted by Gasteiger charge is -2.49. The van der Waals surface area contributed by atoms with E-state index in [1.807, 2.05) is 0 Å². The van der Waals surface area contributed by atoms with Crippen LogP contribution in [0.2, 0.25) is 0 Å². The average Bonchev–Trinajstić information content (AvgIpc) is 3.10. The van der Waals surface area contributed by atoms with Gasteiger partial charge in [0.25, 0.3) is 23.3 Å². The summed E-state index contributed by atoms with van der Waals surface area (Å²) in [4.78, 5) is 62.8. The fourth-order valence-corrected chi connectivity index (χ4v) is 4.78. The van der Waals surface area contributed by atoms with Crippen molar-refractivity contribution in [3.05, 3.63) is 157 Å². The number of hydrogen-bond acceptors (Lipinski definition) is 11. The number of likely N-dealkylation sites (tertiary alicyclic amines) is 1. The number of fused-ring (bicyclic) bond motifs is 1. The van der Waals surface area contributed by atoms with Crippen molar-refractivity contribution < 1.29 is 23.9 Å². The first kappa shape index (κ1) is 32.2. The molecule has 1 spiro atoms. The molecular formula is C35H14N8O6. The van der Waals surface area contributed by atoms with E-state index in [1.165, 1.54) is 26.6 Å². The molecule has 3 aromatic heterocycles. The van der Waals surface area contributed by atoms with E-state index in [0.717, 1.165) is 6.33 Å². The van der Waals surface area contributed by atoms with Crippen LogP contribution in [0.4, 0.5) is 5.82 Å². The number of piperidine rings is 2. The largest absolute Gasteiger partial charge is 0.490 e. The number of benzene rings is 1. The highest BCUT2D eigenvalue weighted by molar-refractivity contribution is 6.12. The van der Waals surface area contributed by atoms with Crippen LogP contribution >= 0.6 is 0 Å². The highest BCUT2D eigenvalue weighted by atomic mass is 16.5. The van der Waals surface area contributed by atoms with Crippen LogP contribution in [-0.4, -0.2) is 42.1 Å². The number of hydrogen-bond donors (Lipinski definition) is 0. The maximum atomic E-state index is 12.6. The molecule has 14 heteroatoms. The Bertz CT molecular complexity index is 1990. The SMILES string of the molecule is [CH2]Oc1cc(-c2cn([CH2])c(=O)c3cnccc23)cc(O[CH2])c1[C]N1[C][C]C2([C][C]1)[C]N(c1cc(C(=O)[N][C]3[C][C]C(=O)[N]C3=O)ncn1)[C]2. The van der Waals surface area contributed by atoms with E-state index < -0.39 is 29.2 Å². The Labute approximate surface area is 282 Å². The van der Waals surface area contributed by atoms with Gasteiger partial charge in [-0.2, -0.15) is 5.32 Å². The molecule has 4 aromatic rings. The molecule has 3 amide bonds. The number of amides is 3. The van der Waals surface area contributed by atoms with Gasteiger partial charge >= 0.3 is 0 Å². The van der Waals surface area contributed by atoms with Crippen molar-refractivity contribution in [2.24, 2.45) is 5.41 Å². The molecule has 3 aliphatic heterocycles. The van der Waals surface area contributed by atoms with Gasteiger partial charge in [0.05, 0.1) is 30.5 Å². The van der Waals surface area contributed by atoms with Crippen molar-refractivity contribution in [2.75, 3.05) is 4.90 Å². The summed E-state index contributed by atoms with van der Waals surface area (Å²) in [6.07, 6.45) is 15.9. The molecule has 0 saturated carbocycles. The van der Waals surface area contributed by atoms with Crippen molar-refractivity contribution in [2.45, 2.75) is 0 Å². The molecule has 24 radical (unpaired) electrons. The third kappa shape index (κ3) is 6.19. The number of pyridine rings is 2. The third-order valence-corrected chi connectivity index (χ3v) is 7.08. The molecule has 7 rings (SSSR count). The minimum atomic E-state index is -1.17. The summed E-state index contributed by atoms with van der Waals surface area (Å²) < 4.78 is 12.1. The summed E-state index contributed by atoms with van der Waals surface area (Å²) in [5, 5.41) is 7.79. The van der Waals surface area contributed by atoms with Gasteiger partial charge in [-0.05, 0) is 29.1 Å². The molecule has 14 nitrogen and oxygen atoms in total. The van der Waals surface area contributed by atoms with Crippen molar-refractivity contribution in [1.82, 2.24) is 35.1 Å². The quantitative estimate of drug-likeness (QED) is 0.256. The smallest absolute Gasteiger partial charge is 0.292 e. The number of anilines is 1. The molecule has 1 aromatic carbocycles. The van der Waals surface area contributed by atoms with Crippen molar-refractivity contribution in [3.8, 4) is 22.6 Å². The number of nitrogens with zero attached hydrogens (tertiary/aromatic N) is 8. The highest BCUT2D eigenvalue weighted by Gasteiger charge is 2.50. The van der Waals surface area contributed by atoms with E-state index in [1.54, 1.807) is 30.6 Å². The molecular weight excluding hydrogens is 628 g/mol. The van der Waals surface area contributed by atoms with Crippen molar-refractivity contribution in [3.63, 3.8) is 0 Å². The molecule has 0 unspecified atom stereocenters. The zero-order valence-corrected chi connectivity index (χ0v) is 24.8. The minimum absolute atomic E-state index is 0.152. The fourth-order valence-electron chi connectivity index (χ4n) is 4.78. The summed E-state index contributed by atoms with van der Waals surface area (Å²) in [6, 6.07) is 5.94. The first-order valence-corrected chi connectivity index (χ1v) is 13.7. The van der Waals surface area contributed by atoms with Crippen molar-refractivity contribution >= 4 is 34.3 Å². The molecule has 0 bridgehead atoms. The van der Waals surface area contributed by atoms with Gasteiger partial charge in [-0.3, -0.25) is 29.1 Å². The number of carbonyl (C=O) groups is 3. The second kappa shape index (κ2) is 12.9. The third-order valence-electron chi connectivity index (χ3n) is 7.08. The lowest BCUT2D eigenvalue weighted by molar-refractivity contribution is -0.129. The Morgan fingerprint density at radius 2 is 1.71 bits per heavy atom. The normalized spacial score (nSPS) is 17.9. The Morgan fingerprint density at radius 3 is 2.41 bits per heavy atom. The predicted octanol–water partition coefficient (Wildman–Crippen LogP) is 1.47. The molecule has 6 heterocycles. The van der Waals surface area contributed by atoms with Gasteiger partial charge in [0.15, 0.2) is 6.04 Å². The number of rotatable bonds is 8. The molecule has 49 heavy (non-hydrogen) atoms. The van der Waals surface area contributed by atoms with E-state index in [0.29, 0.717) is 27.5 Å². The maximum absolute atomic E-state index is 12.6. The van der Waals surface area contributed by atoms with Gasteiger partial charge in [0, 0.05) is 61.9 Å². The zero-order valence-electron chi connectivity index (χ0n) is 24.8. The maximum Gasteiger partial charge on any atom is 0.292 e. The van der Waals surface area contributed by atoms with Crippen LogP contribution in [0.25, 0.3) is 21.9 Å². The second-order valence-electron chi connectivity index (χ2n) is 10.1. The number of imide groups is 1. The predicted molar refractivity (Wildman–Crippen MR) is 163 cm³/mol. The van der Waals surface area contributed by atoms with Gasteiger partial charge in [0.2, 0.25) is 0 Å². The van der Waals surface area contributed by atoms with Gasteiger partial charge < -0.3 is 18.9 Å². The molecule has 3 fully saturated rings. The van der Waals surface area contributed by atoms with Crippen molar-refractivity contribution in [1.29, 1.82) is 0 Å². The van der Waals surface area contributed by atoms with Crippen LogP contribution in [-0.2, 0) is 9.59 Å². The Hall–Kier alpha value is -5.37. The monoisotopic (exact) mass is 642 g/mol. The first-order valence-electron chi connectivity index (χ1n) is 13.7. The molecule has 0 aliphatic carbocycles. The first-order chi connectivity index (χ1) is 23.7. The lowest BCUT2D eigenvalue weighted by Crippen LogP contribution is -2.51. The number of ether oxygens (including phenoxy) is 2. The summed E-state index contributed by atoms with van der Waals surface area (Å²) >= 11 is 0. The van der Waals surface area contributed by atoms with Gasteiger partial charge in [-0.1, -0.05) is 0 Å². The fraction of sp³-hybridized carbons (Fsp3) is 0.0286. The zero-order chi connectivity index (χ0) is 34.3. The lowest BCUT2D eigenvalue weighted by atomic mass is 9.72. The molecule has 0 atom stereocenters. The van der Waals surface area contributed by atoms with Gasteiger partial charge in [0.1, 0.15) is 63.2 Å². The Morgan fingerprint density at radius 1 is 0.980 bits per heavy atom. The van der Waals surface area contributed by atoms with E-state index in [4.69, 9.17) is 9.47 Å². The highest BCUT2D eigenvalue weighted by Crippen LogP contribution is 2.50. The van der Waals surface area contributed by atoms with Crippen LogP contribution in [0.3, 0.4) is 0 Å². The van der Waals surface area contributed by atoms with Crippen LogP contribution in [0.15, 0.2) is 54.0 Å². The summed E-state index contributed by atoms with van der Waals surface area (Å²) in [5.74, 6) is -2.08. The minimum Gasteiger partial charge on any atom is -0.490 e.